The van der Waals surface area contributed by atoms with E-state index in [1.165, 1.54) is 0 Å². The number of pyridine rings is 2. The molecular weight excluding hydrogens is 480 g/mol. The van der Waals surface area contributed by atoms with E-state index in [0.29, 0.717) is 34.6 Å². The minimum absolute atomic E-state index is 0.385. The highest BCUT2D eigenvalue weighted by Crippen LogP contribution is 2.23. The lowest BCUT2D eigenvalue weighted by Gasteiger charge is -1.93. The van der Waals surface area contributed by atoms with Crippen LogP contribution in [0.25, 0.3) is 45.7 Å². The molecule has 0 radical (unpaired) electrons. The molecule has 10 heteroatoms. The largest absolute Gasteiger partial charge is 0.334 e. The van der Waals surface area contributed by atoms with Gasteiger partial charge in [0.05, 0.1) is 23.3 Å². The summed E-state index contributed by atoms with van der Waals surface area (Å²) in [6, 6.07) is 25.5. The summed E-state index contributed by atoms with van der Waals surface area (Å²) in [6.07, 6.45) is 6.70. The quantitative estimate of drug-likeness (QED) is 0.312. The lowest BCUT2D eigenvalue weighted by molar-refractivity contribution is 0.432. The third-order valence-electron chi connectivity index (χ3n) is 5.17. The van der Waals surface area contributed by atoms with Gasteiger partial charge in [0.1, 0.15) is 0 Å². The smallest absolute Gasteiger partial charge is 0.258 e. The zero-order valence-electron chi connectivity index (χ0n) is 19.6. The van der Waals surface area contributed by atoms with E-state index in [1.807, 2.05) is 36.4 Å². The van der Waals surface area contributed by atoms with Crippen LogP contribution in [0.15, 0.2) is 107 Å². The minimum atomic E-state index is 0.385. The third kappa shape index (κ3) is 5.46. The molecule has 0 aliphatic carbocycles. The van der Waals surface area contributed by atoms with Crippen molar-refractivity contribution in [3.05, 3.63) is 109 Å². The zero-order valence-corrected chi connectivity index (χ0v) is 19.6. The van der Waals surface area contributed by atoms with Crippen LogP contribution in [0.3, 0.4) is 0 Å². The first-order valence-corrected chi connectivity index (χ1v) is 11.2. The molecule has 4 heterocycles. The summed E-state index contributed by atoms with van der Waals surface area (Å²) in [7, 11) is 0. The first-order valence-electron chi connectivity index (χ1n) is 11.2. The average Bonchev–Trinajstić information content (AvgIpc) is 3.70. The number of aromatic nitrogens is 6. The van der Waals surface area contributed by atoms with Gasteiger partial charge in [0.15, 0.2) is 0 Å². The molecule has 0 aliphatic heterocycles. The molecule has 0 spiro atoms. The van der Waals surface area contributed by atoms with Crippen LogP contribution in [0.4, 0.5) is 0 Å². The van der Waals surface area contributed by atoms with Gasteiger partial charge in [-0.2, -0.15) is 20.5 Å². The van der Waals surface area contributed by atoms with Crippen LogP contribution in [-0.2, 0) is 0 Å². The highest BCUT2D eigenvalue weighted by atomic mass is 16.5. The predicted octanol–water partition coefficient (Wildman–Crippen LogP) is 5.34. The van der Waals surface area contributed by atoms with Gasteiger partial charge >= 0.3 is 0 Å². The van der Waals surface area contributed by atoms with Gasteiger partial charge in [0.25, 0.3) is 11.8 Å². The van der Waals surface area contributed by atoms with Crippen molar-refractivity contribution in [2.45, 2.75) is 0 Å². The number of hydrogen-bond donors (Lipinski definition) is 0. The lowest BCUT2D eigenvalue weighted by Crippen LogP contribution is -1.82. The van der Waals surface area contributed by atoms with Crippen molar-refractivity contribution in [1.29, 1.82) is 10.5 Å². The summed E-state index contributed by atoms with van der Waals surface area (Å²) in [5.41, 5.74) is 4.13. The second-order valence-corrected chi connectivity index (χ2v) is 7.71. The Morgan fingerprint density at radius 1 is 0.553 bits per heavy atom. The SMILES string of the molecule is N#Cc1cccc(-c2nc(-c3cccnc3)no2)c1.N#Cc1cccc(-c2nc(-c3cccnc3)no2)c1. The topological polar surface area (TPSA) is 151 Å². The maximum Gasteiger partial charge on any atom is 0.258 e. The normalized spacial score (nSPS) is 10.1. The van der Waals surface area contributed by atoms with E-state index in [4.69, 9.17) is 19.6 Å². The van der Waals surface area contributed by atoms with Crippen molar-refractivity contribution in [2.75, 3.05) is 0 Å². The van der Waals surface area contributed by atoms with Crippen molar-refractivity contribution < 1.29 is 9.05 Å². The third-order valence-corrected chi connectivity index (χ3v) is 5.17. The van der Waals surface area contributed by atoms with E-state index < -0.39 is 0 Å². The lowest BCUT2D eigenvalue weighted by atomic mass is 10.1. The van der Waals surface area contributed by atoms with Crippen LogP contribution in [0.2, 0.25) is 0 Å². The van der Waals surface area contributed by atoms with Crippen molar-refractivity contribution in [1.82, 2.24) is 30.2 Å². The van der Waals surface area contributed by atoms with Crippen LogP contribution in [0.1, 0.15) is 11.1 Å². The van der Waals surface area contributed by atoms with Gasteiger partial charge in [-0.25, -0.2) is 0 Å². The molecule has 0 N–H and O–H groups in total. The highest BCUT2D eigenvalue weighted by molar-refractivity contribution is 5.61. The van der Waals surface area contributed by atoms with Gasteiger partial charge in [-0.05, 0) is 60.7 Å². The standard InChI is InChI=1S/2C14H8N4O/c2*15-8-10-3-1-4-11(7-10)14-17-13(18-19-14)12-5-2-6-16-9-12/h2*1-7,9H. The van der Waals surface area contributed by atoms with Gasteiger partial charge in [0.2, 0.25) is 11.6 Å². The van der Waals surface area contributed by atoms with Crippen molar-refractivity contribution in [3.63, 3.8) is 0 Å². The Morgan fingerprint density at radius 2 is 1.00 bits per heavy atom. The fraction of sp³-hybridized carbons (Fsp3) is 0. The monoisotopic (exact) mass is 496 g/mol. The number of rotatable bonds is 4. The van der Waals surface area contributed by atoms with Crippen molar-refractivity contribution >= 4 is 0 Å². The molecule has 0 unspecified atom stereocenters. The average molecular weight is 496 g/mol. The molecule has 38 heavy (non-hydrogen) atoms. The second kappa shape index (κ2) is 11.2. The number of hydrogen-bond acceptors (Lipinski definition) is 10. The zero-order chi connectivity index (χ0) is 26.2. The van der Waals surface area contributed by atoms with Crippen molar-refractivity contribution in [3.8, 4) is 57.8 Å². The van der Waals surface area contributed by atoms with Gasteiger partial charge in [-0.15, -0.1) is 0 Å². The number of nitriles is 2. The fourth-order valence-corrected chi connectivity index (χ4v) is 3.35. The summed E-state index contributed by atoms with van der Waals surface area (Å²) in [5.74, 6) is 1.72. The molecular formula is C28H16N8O2. The molecule has 0 saturated heterocycles. The molecule has 0 amide bonds. The van der Waals surface area contributed by atoms with Crippen LogP contribution in [0.5, 0.6) is 0 Å². The molecule has 10 nitrogen and oxygen atoms in total. The van der Waals surface area contributed by atoms with E-state index in [1.54, 1.807) is 61.2 Å². The minimum Gasteiger partial charge on any atom is -0.334 e. The summed E-state index contributed by atoms with van der Waals surface area (Å²) < 4.78 is 10.4. The van der Waals surface area contributed by atoms with E-state index in [0.717, 1.165) is 22.3 Å². The Balaban J connectivity index is 0.000000155. The van der Waals surface area contributed by atoms with Crippen LogP contribution in [0, 0.1) is 22.7 Å². The van der Waals surface area contributed by atoms with Gasteiger partial charge < -0.3 is 9.05 Å². The van der Waals surface area contributed by atoms with Crippen LogP contribution < -0.4 is 0 Å². The van der Waals surface area contributed by atoms with Crippen molar-refractivity contribution in [2.24, 2.45) is 0 Å². The molecule has 0 saturated carbocycles. The molecule has 0 fully saturated rings. The maximum absolute atomic E-state index is 8.87. The Kier molecular flexibility index (Phi) is 6.97. The molecule has 0 atom stereocenters. The molecule has 0 bridgehead atoms. The van der Waals surface area contributed by atoms with Gasteiger partial charge in [-0.3, -0.25) is 9.97 Å². The highest BCUT2D eigenvalue weighted by Gasteiger charge is 2.12. The Morgan fingerprint density at radius 3 is 1.39 bits per heavy atom. The Bertz CT molecular complexity index is 1620. The Hall–Kier alpha value is -6.00. The molecule has 4 aromatic heterocycles. The Labute approximate surface area is 216 Å². The summed E-state index contributed by atoms with van der Waals surface area (Å²) in [4.78, 5) is 16.6. The molecule has 0 aliphatic rings. The fourth-order valence-electron chi connectivity index (χ4n) is 3.35. The molecule has 2 aromatic carbocycles. The van der Waals surface area contributed by atoms with E-state index >= 15 is 0 Å². The van der Waals surface area contributed by atoms with E-state index in [2.05, 4.69) is 42.4 Å². The first kappa shape index (κ1) is 23.7. The van der Waals surface area contributed by atoms with E-state index in [-0.39, 0.29) is 0 Å². The van der Waals surface area contributed by atoms with E-state index in [9.17, 15) is 0 Å². The molecule has 180 valence electrons. The van der Waals surface area contributed by atoms with Gasteiger partial charge in [0, 0.05) is 47.0 Å². The predicted molar refractivity (Wildman–Crippen MR) is 135 cm³/mol. The maximum atomic E-state index is 8.87. The van der Waals surface area contributed by atoms with Crippen LogP contribution in [-0.4, -0.2) is 30.2 Å². The van der Waals surface area contributed by atoms with Gasteiger partial charge in [-0.1, -0.05) is 22.4 Å². The summed E-state index contributed by atoms with van der Waals surface area (Å²) >= 11 is 0. The summed E-state index contributed by atoms with van der Waals surface area (Å²) in [6.45, 7) is 0. The summed E-state index contributed by atoms with van der Waals surface area (Å²) in [5, 5.41) is 25.6. The number of nitrogens with zero attached hydrogens (tertiary/aromatic N) is 8. The number of benzene rings is 2. The first-order chi connectivity index (χ1) is 18.7. The molecule has 6 aromatic rings. The molecule has 6 rings (SSSR count). The second-order valence-electron chi connectivity index (χ2n) is 7.71. The van der Waals surface area contributed by atoms with Crippen LogP contribution >= 0.6 is 0 Å².